The van der Waals surface area contributed by atoms with E-state index in [0.29, 0.717) is 12.6 Å². The zero-order valence-electron chi connectivity index (χ0n) is 7.09. The van der Waals surface area contributed by atoms with Crippen molar-refractivity contribution in [2.45, 2.75) is 38.8 Å². The van der Waals surface area contributed by atoms with Crippen LogP contribution in [-0.2, 0) is 9.53 Å². The predicted molar refractivity (Wildman–Crippen MR) is 42.3 cm³/mol. The molecule has 1 saturated carbocycles. The average Bonchev–Trinajstić information content (AvgIpc) is 2.72. The molecule has 1 atom stereocenters. The Morgan fingerprint density at radius 1 is 1.73 bits per heavy atom. The molecule has 0 aromatic rings. The molecule has 1 unspecified atom stereocenters. The lowest BCUT2D eigenvalue weighted by Gasteiger charge is -2.10. The van der Waals surface area contributed by atoms with E-state index in [4.69, 9.17) is 4.74 Å². The van der Waals surface area contributed by atoms with Crippen LogP contribution in [-0.4, -0.2) is 24.7 Å². The minimum absolute atomic E-state index is 0.137. The monoisotopic (exact) mass is 157 g/mol. The van der Waals surface area contributed by atoms with E-state index >= 15 is 0 Å². The molecular weight excluding hydrogens is 142 g/mol. The molecule has 0 amide bonds. The van der Waals surface area contributed by atoms with Crippen molar-refractivity contribution in [1.29, 1.82) is 0 Å². The second kappa shape index (κ2) is 3.72. The molecule has 64 valence electrons. The Kier molecular flexibility index (Phi) is 2.88. The van der Waals surface area contributed by atoms with E-state index in [2.05, 4.69) is 5.32 Å². The van der Waals surface area contributed by atoms with E-state index in [1.165, 1.54) is 12.8 Å². The number of carbonyl (C=O) groups excluding carboxylic acids is 1. The summed E-state index contributed by atoms with van der Waals surface area (Å²) in [6, 6.07) is 0.428. The van der Waals surface area contributed by atoms with Crippen molar-refractivity contribution < 1.29 is 9.53 Å². The number of rotatable bonds is 4. The average molecular weight is 157 g/mol. The minimum Gasteiger partial charge on any atom is -0.465 e. The van der Waals surface area contributed by atoms with Crippen molar-refractivity contribution in [1.82, 2.24) is 5.32 Å². The van der Waals surface area contributed by atoms with E-state index in [1.807, 2.05) is 13.8 Å². The molecular formula is C8H15NO2. The fraction of sp³-hybridized carbons (Fsp3) is 0.875. The van der Waals surface area contributed by atoms with Gasteiger partial charge in [-0.2, -0.15) is 0 Å². The van der Waals surface area contributed by atoms with Gasteiger partial charge in [0.05, 0.1) is 6.61 Å². The second-order valence-electron chi connectivity index (χ2n) is 2.91. The third-order valence-corrected chi connectivity index (χ3v) is 1.70. The largest absolute Gasteiger partial charge is 0.465 e. The first-order valence-corrected chi connectivity index (χ1v) is 4.16. The van der Waals surface area contributed by atoms with Gasteiger partial charge in [0.25, 0.3) is 0 Å². The summed E-state index contributed by atoms with van der Waals surface area (Å²) in [5, 5.41) is 3.16. The molecule has 0 aromatic carbocycles. The molecule has 0 bridgehead atoms. The van der Waals surface area contributed by atoms with Gasteiger partial charge in [-0.05, 0) is 26.7 Å². The molecule has 0 radical (unpaired) electrons. The van der Waals surface area contributed by atoms with Crippen LogP contribution in [0.1, 0.15) is 26.7 Å². The van der Waals surface area contributed by atoms with E-state index in [0.717, 1.165) is 0 Å². The van der Waals surface area contributed by atoms with Crippen LogP contribution in [0.2, 0.25) is 0 Å². The third kappa shape index (κ3) is 2.89. The summed E-state index contributed by atoms with van der Waals surface area (Å²) >= 11 is 0. The molecule has 0 spiro atoms. The summed E-state index contributed by atoms with van der Waals surface area (Å²) in [7, 11) is 0. The SMILES string of the molecule is CCOC(=O)C(C)NC1CC1. The van der Waals surface area contributed by atoms with Gasteiger partial charge < -0.3 is 10.1 Å². The second-order valence-corrected chi connectivity index (χ2v) is 2.91. The maximum absolute atomic E-state index is 11.0. The van der Waals surface area contributed by atoms with Crippen molar-refractivity contribution in [3.8, 4) is 0 Å². The Balaban J connectivity index is 2.15. The molecule has 1 aliphatic carbocycles. The van der Waals surface area contributed by atoms with Gasteiger partial charge in [-0.15, -0.1) is 0 Å². The van der Waals surface area contributed by atoms with Crippen molar-refractivity contribution in [2.75, 3.05) is 6.61 Å². The van der Waals surface area contributed by atoms with Crippen LogP contribution in [0.4, 0.5) is 0 Å². The van der Waals surface area contributed by atoms with Gasteiger partial charge in [-0.3, -0.25) is 4.79 Å². The number of hydrogen-bond donors (Lipinski definition) is 1. The standard InChI is InChI=1S/C8H15NO2/c1-3-11-8(10)6(2)9-7-4-5-7/h6-7,9H,3-5H2,1-2H3. The Hall–Kier alpha value is -0.570. The topological polar surface area (TPSA) is 38.3 Å². The highest BCUT2D eigenvalue weighted by Crippen LogP contribution is 2.19. The molecule has 1 rings (SSSR count). The van der Waals surface area contributed by atoms with Gasteiger partial charge in [0.2, 0.25) is 0 Å². The van der Waals surface area contributed by atoms with Gasteiger partial charge in [0.1, 0.15) is 6.04 Å². The zero-order chi connectivity index (χ0) is 8.27. The highest BCUT2D eigenvalue weighted by Gasteiger charge is 2.25. The maximum atomic E-state index is 11.0. The Morgan fingerprint density at radius 3 is 2.82 bits per heavy atom. The predicted octanol–water partition coefficient (Wildman–Crippen LogP) is 0.690. The van der Waals surface area contributed by atoms with Crippen LogP contribution in [0.5, 0.6) is 0 Å². The lowest BCUT2D eigenvalue weighted by molar-refractivity contribution is -0.145. The quantitative estimate of drug-likeness (QED) is 0.610. The molecule has 1 fully saturated rings. The lowest BCUT2D eigenvalue weighted by Crippen LogP contribution is -2.36. The van der Waals surface area contributed by atoms with E-state index < -0.39 is 0 Å². The normalized spacial score (nSPS) is 19.5. The van der Waals surface area contributed by atoms with Crippen molar-refractivity contribution in [3.63, 3.8) is 0 Å². The minimum atomic E-state index is -0.139. The van der Waals surface area contributed by atoms with Crippen LogP contribution in [0.15, 0.2) is 0 Å². The summed E-state index contributed by atoms with van der Waals surface area (Å²) in [4.78, 5) is 11.0. The van der Waals surface area contributed by atoms with Gasteiger partial charge in [0, 0.05) is 6.04 Å². The van der Waals surface area contributed by atoms with Crippen LogP contribution in [0.25, 0.3) is 0 Å². The summed E-state index contributed by atoms with van der Waals surface area (Å²) in [5.74, 6) is -0.139. The summed E-state index contributed by atoms with van der Waals surface area (Å²) < 4.78 is 4.83. The first-order valence-electron chi connectivity index (χ1n) is 4.16. The van der Waals surface area contributed by atoms with Crippen LogP contribution in [0.3, 0.4) is 0 Å². The molecule has 0 aromatic heterocycles. The molecule has 0 aliphatic heterocycles. The van der Waals surface area contributed by atoms with Crippen molar-refractivity contribution in [3.05, 3.63) is 0 Å². The zero-order valence-corrected chi connectivity index (χ0v) is 7.09. The maximum Gasteiger partial charge on any atom is 0.322 e. The summed E-state index contributed by atoms with van der Waals surface area (Å²) in [6.07, 6.45) is 2.40. The smallest absolute Gasteiger partial charge is 0.322 e. The van der Waals surface area contributed by atoms with Crippen LogP contribution in [0, 0.1) is 0 Å². The molecule has 3 nitrogen and oxygen atoms in total. The van der Waals surface area contributed by atoms with Gasteiger partial charge in [-0.1, -0.05) is 0 Å². The van der Waals surface area contributed by atoms with Crippen molar-refractivity contribution in [2.24, 2.45) is 0 Å². The first-order chi connectivity index (χ1) is 5.24. The van der Waals surface area contributed by atoms with Crippen LogP contribution < -0.4 is 5.32 Å². The van der Waals surface area contributed by atoms with Crippen LogP contribution >= 0.6 is 0 Å². The molecule has 11 heavy (non-hydrogen) atoms. The fourth-order valence-corrected chi connectivity index (χ4v) is 0.939. The van der Waals surface area contributed by atoms with E-state index in [-0.39, 0.29) is 12.0 Å². The third-order valence-electron chi connectivity index (χ3n) is 1.70. The van der Waals surface area contributed by atoms with E-state index in [9.17, 15) is 4.79 Å². The Bertz CT molecular complexity index is 143. The van der Waals surface area contributed by atoms with Gasteiger partial charge in [0.15, 0.2) is 0 Å². The Morgan fingerprint density at radius 2 is 2.36 bits per heavy atom. The summed E-state index contributed by atoms with van der Waals surface area (Å²) in [5.41, 5.74) is 0. The highest BCUT2D eigenvalue weighted by molar-refractivity contribution is 5.75. The van der Waals surface area contributed by atoms with E-state index in [1.54, 1.807) is 0 Å². The first kappa shape index (κ1) is 8.53. The van der Waals surface area contributed by atoms with Gasteiger partial charge >= 0.3 is 5.97 Å². The number of nitrogens with one attached hydrogen (secondary N) is 1. The molecule has 1 N–H and O–H groups in total. The highest BCUT2D eigenvalue weighted by atomic mass is 16.5. The number of esters is 1. The molecule has 3 heteroatoms. The van der Waals surface area contributed by atoms with Crippen molar-refractivity contribution >= 4 is 5.97 Å². The fourth-order valence-electron chi connectivity index (χ4n) is 0.939. The number of ether oxygens (including phenoxy) is 1. The number of carbonyl (C=O) groups is 1. The lowest BCUT2D eigenvalue weighted by atomic mass is 10.3. The molecule has 0 heterocycles. The number of hydrogen-bond acceptors (Lipinski definition) is 3. The summed E-state index contributed by atoms with van der Waals surface area (Å²) in [6.45, 7) is 4.13. The Labute approximate surface area is 67.1 Å². The molecule has 0 saturated heterocycles. The molecule has 1 aliphatic rings. The van der Waals surface area contributed by atoms with Gasteiger partial charge in [-0.25, -0.2) is 0 Å².